The average Bonchev–Trinajstić information content (AvgIpc) is 2.90. The van der Waals surface area contributed by atoms with E-state index in [1.165, 1.54) is 11.3 Å². The summed E-state index contributed by atoms with van der Waals surface area (Å²) in [6.07, 6.45) is 6.05. The molecule has 1 N–H and O–H groups in total. The quantitative estimate of drug-likeness (QED) is 0.939. The number of nitrogens with one attached hydrogen (secondary N) is 1. The van der Waals surface area contributed by atoms with Crippen molar-refractivity contribution < 1.29 is 4.74 Å². The minimum absolute atomic E-state index is 0.324. The number of ether oxygens (including phenoxy) is 1. The molecule has 0 bridgehead atoms. The van der Waals surface area contributed by atoms with Gasteiger partial charge in [-0.1, -0.05) is 12.1 Å². The molecule has 0 saturated carbocycles. The molecule has 0 amide bonds. The zero-order chi connectivity index (χ0) is 14.7. The summed E-state index contributed by atoms with van der Waals surface area (Å²) in [5.41, 5.74) is 2.39. The van der Waals surface area contributed by atoms with Gasteiger partial charge >= 0.3 is 0 Å². The van der Waals surface area contributed by atoms with Gasteiger partial charge in [-0.3, -0.25) is 0 Å². The summed E-state index contributed by atoms with van der Waals surface area (Å²) in [5.74, 6) is 0. The van der Waals surface area contributed by atoms with Gasteiger partial charge in [-0.15, -0.1) is 0 Å². The van der Waals surface area contributed by atoms with Crippen molar-refractivity contribution in [3.05, 3.63) is 42.5 Å². The van der Waals surface area contributed by atoms with Crippen molar-refractivity contribution >= 4 is 5.69 Å². The molecule has 21 heavy (non-hydrogen) atoms. The molecule has 5 nitrogen and oxygen atoms in total. The number of hydrogen-bond acceptors (Lipinski definition) is 4. The minimum atomic E-state index is 0.324. The normalized spacial score (nSPS) is 25.7. The second kappa shape index (κ2) is 6.26. The predicted molar refractivity (Wildman–Crippen MR) is 82.2 cm³/mol. The zero-order valence-corrected chi connectivity index (χ0v) is 12.6. The molecular weight excluding hydrogens is 264 g/mol. The Morgan fingerprint density at radius 3 is 2.81 bits per heavy atom. The van der Waals surface area contributed by atoms with Crippen LogP contribution in [0.4, 0.5) is 5.69 Å². The van der Waals surface area contributed by atoms with Crippen LogP contribution in [0.15, 0.2) is 36.9 Å². The van der Waals surface area contributed by atoms with Crippen LogP contribution >= 0.6 is 0 Å². The third-order valence-corrected chi connectivity index (χ3v) is 3.81. The predicted octanol–water partition coefficient (Wildman–Crippen LogP) is 2.69. The van der Waals surface area contributed by atoms with E-state index < -0.39 is 0 Å². The first-order valence-corrected chi connectivity index (χ1v) is 7.52. The summed E-state index contributed by atoms with van der Waals surface area (Å²) < 4.78 is 7.62. The smallest absolute Gasteiger partial charge is 0.137 e. The third-order valence-electron chi connectivity index (χ3n) is 3.81. The van der Waals surface area contributed by atoms with Crippen molar-refractivity contribution in [1.82, 2.24) is 14.8 Å². The van der Waals surface area contributed by atoms with Gasteiger partial charge in [0.25, 0.3) is 0 Å². The maximum atomic E-state index is 5.79. The van der Waals surface area contributed by atoms with Crippen molar-refractivity contribution in [3.63, 3.8) is 0 Å². The lowest BCUT2D eigenvalue weighted by Gasteiger charge is -2.33. The molecule has 0 spiro atoms. The van der Waals surface area contributed by atoms with E-state index in [4.69, 9.17) is 4.74 Å². The van der Waals surface area contributed by atoms with Crippen LogP contribution in [-0.2, 0) is 11.3 Å². The molecule has 0 radical (unpaired) electrons. The fraction of sp³-hybridized carbons (Fsp3) is 0.500. The van der Waals surface area contributed by atoms with Gasteiger partial charge in [-0.25, -0.2) is 9.67 Å². The average molecular weight is 286 g/mol. The van der Waals surface area contributed by atoms with Crippen molar-refractivity contribution in [2.45, 2.75) is 51.5 Å². The van der Waals surface area contributed by atoms with Gasteiger partial charge in [0.1, 0.15) is 12.7 Å². The second-order valence-corrected chi connectivity index (χ2v) is 5.86. The van der Waals surface area contributed by atoms with Crippen LogP contribution in [-0.4, -0.2) is 33.0 Å². The summed E-state index contributed by atoms with van der Waals surface area (Å²) in [5, 5.41) is 7.78. The Labute approximate surface area is 125 Å². The molecule has 1 aromatic heterocycles. The topological polar surface area (TPSA) is 52.0 Å². The van der Waals surface area contributed by atoms with Gasteiger partial charge in [0.05, 0.1) is 18.8 Å². The maximum absolute atomic E-state index is 5.79. The standard InChI is InChI=1S/C16H22N4O/c1-12-6-16(7-13(2)21-12)19-15-5-3-4-14(8-15)9-20-11-17-10-18-20/h3-5,8,10-13,16,19H,6-7,9H2,1-2H3. The highest BCUT2D eigenvalue weighted by atomic mass is 16.5. The molecule has 2 heterocycles. The first-order valence-electron chi connectivity index (χ1n) is 7.52. The molecule has 2 unspecified atom stereocenters. The monoisotopic (exact) mass is 286 g/mol. The summed E-state index contributed by atoms with van der Waals surface area (Å²) >= 11 is 0. The second-order valence-electron chi connectivity index (χ2n) is 5.86. The first kappa shape index (κ1) is 14.1. The van der Waals surface area contributed by atoms with Crippen LogP contribution in [0.25, 0.3) is 0 Å². The number of nitrogens with zero attached hydrogens (tertiary/aromatic N) is 3. The maximum Gasteiger partial charge on any atom is 0.137 e. The molecule has 2 atom stereocenters. The molecule has 1 fully saturated rings. The van der Waals surface area contributed by atoms with Crippen LogP contribution in [0.3, 0.4) is 0 Å². The van der Waals surface area contributed by atoms with E-state index in [1.54, 1.807) is 12.7 Å². The van der Waals surface area contributed by atoms with Crippen LogP contribution in [0.1, 0.15) is 32.3 Å². The van der Waals surface area contributed by atoms with Crippen molar-refractivity contribution in [2.24, 2.45) is 0 Å². The van der Waals surface area contributed by atoms with Crippen LogP contribution < -0.4 is 5.32 Å². The van der Waals surface area contributed by atoms with E-state index in [0.717, 1.165) is 19.4 Å². The molecule has 3 rings (SSSR count). The summed E-state index contributed by atoms with van der Waals surface area (Å²) in [4.78, 5) is 3.97. The summed E-state index contributed by atoms with van der Waals surface area (Å²) in [6, 6.07) is 8.98. The van der Waals surface area contributed by atoms with E-state index in [2.05, 4.69) is 53.5 Å². The highest BCUT2D eigenvalue weighted by Gasteiger charge is 2.24. The van der Waals surface area contributed by atoms with Gasteiger partial charge in [-0.2, -0.15) is 5.10 Å². The lowest BCUT2D eigenvalue weighted by molar-refractivity contribution is -0.0337. The van der Waals surface area contributed by atoms with Crippen LogP contribution in [0.2, 0.25) is 0 Å². The molecule has 1 aliphatic rings. The number of hydrogen-bond donors (Lipinski definition) is 1. The number of anilines is 1. The highest BCUT2D eigenvalue weighted by Crippen LogP contribution is 2.23. The van der Waals surface area contributed by atoms with Gasteiger partial charge in [0.15, 0.2) is 0 Å². The minimum Gasteiger partial charge on any atom is -0.382 e. The van der Waals surface area contributed by atoms with Crippen molar-refractivity contribution in [1.29, 1.82) is 0 Å². The molecule has 5 heteroatoms. The Morgan fingerprint density at radius 1 is 1.29 bits per heavy atom. The number of rotatable bonds is 4. The molecule has 1 saturated heterocycles. The van der Waals surface area contributed by atoms with Crippen LogP contribution in [0.5, 0.6) is 0 Å². The highest BCUT2D eigenvalue weighted by molar-refractivity contribution is 5.46. The summed E-state index contributed by atoms with van der Waals surface area (Å²) in [6.45, 7) is 5.03. The Morgan fingerprint density at radius 2 is 2.10 bits per heavy atom. The lowest BCUT2D eigenvalue weighted by Crippen LogP contribution is -2.36. The SMILES string of the molecule is CC1CC(Nc2cccc(Cn3cncn3)c2)CC(C)O1. The summed E-state index contributed by atoms with van der Waals surface area (Å²) in [7, 11) is 0. The number of benzene rings is 1. The van der Waals surface area contributed by atoms with Gasteiger partial charge in [0.2, 0.25) is 0 Å². The molecule has 2 aromatic rings. The molecule has 0 aliphatic carbocycles. The zero-order valence-electron chi connectivity index (χ0n) is 12.6. The van der Waals surface area contributed by atoms with Gasteiger partial charge < -0.3 is 10.1 Å². The van der Waals surface area contributed by atoms with E-state index in [-0.39, 0.29) is 0 Å². The number of aromatic nitrogens is 3. The Bertz CT molecular complexity index is 559. The largest absolute Gasteiger partial charge is 0.382 e. The molecule has 112 valence electrons. The van der Waals surface area contributed by atoms with Crippen molar-refractivity contribution in [3.8, 4) is 0 Å². The third kappa shape index (κ3) is 3.82. The molecular formula is C16H22N4O. The van der Waals surface area contributed by atoms with Gasteiger partial charge in [0, 0.05) is 11.7 Å². The lowest BCUT2D eigenvalue weighted by atomic mass is 9.99. The molecule has 1 aliphatic heterocycles. The molecule has 1 aromatic carbocycles. The van der Waals surface area contributed by atoms with Gasteiger partial charge in [-0.05, 0) is 44.4 Å². The van der Waals surface area contributed by atoms with E-state index in [9.17, 15) is 0 Å². The van der Waals surface area contributed by atoms with E-state index in [1.807, 2.05) is 4.68 Å². The first-order chi connectivity index (χ1) is 10.2. The fourth-order valence-corrected chi connectivity index (χ4v) is 3.02. The van der Waals surface area contributed by atoms with E-state index in [0.29, 0.717) is 18.2 Å². The Hall–Kier alpha value is -1.88. The van der Waals surface area contributed by atoms with Crippen LogP contribution in [0, 0.1) is 0 Å². The van der Waals surface area contributed by atoms with E-state index >= 15 is 0 Å². The Kier molecular flexibility index (Phi) is 4.20. The Balaban J connectivity index is 1.65. The van der Waals surface area contributed by atoms with Crippen molar-refractivity contribution in [2.75, 3.05) is 5.32 Å². The fourth-order valence-electron chi connectivity index (χ4n) is 3.02.